The summed E-state index contributed by atoms with van der Waals surface area (Å²) in [5.41, 5.74) is 5.02. The molecule has 0 radical (unpaired) electrons. The van der Waals surface area contributed by atoms with Crippen LogP contribution in [0.5, 0.6) is 5.75 Å². The predicted octanol–water partition coefficient (Wildman–Crippen LogP) is -1.76. The third kappa shape index (κ3) is 2.04. The summed E-state index contributed by atoms with van der Waals surface area (Å²) in [5, 5.41) is 7.39. The lowest BCUT2D eigenvalue weighted by Crippen LogP contribution is -2.06. The monoisotopic (exact) mass is 237 g/mol. The van der Waals surface area contributed by atoms with Crippen molar-refractivity contribution in [3.8, 4) is 5.75 Å². The van der Waals surface area contributed by atoms with Gasteiger partial charge in [-0.05, 0) is 0 Å². The first-order chi connectivity index (χ1) is 6.43. The van der Waals surface area contributed by atoms with Crippen LogP contribution in [-0.2, 0) is 22.2 Å². The molecule has 2 atom stereocenters. The van der Waals surface area contributed by atoms with E-state index < -0.39 is 43.9 Å². The molecule has 1 heterocycles. The average Bonchev–Trinajstić information content (AvgIpc) is 2.07. The highest BCUT2D eigenvalue weighted by molar-refractivity contribution is 7.80. The van der Waals surface area contributed by atoms with E-state index in [0.717, 1.165) is 0 Å². The van der Waals surface area contributed by atoms with Crippen LogP contribution in [-0.4, -0.2) is 32.6 Å². The Hall–Kier alpha value is -1.10. The molecule has 0 aliphatic rings. The Morgan fingerprint density at radius 3 is 1.79 bits per heavy atom. The van der Waals surface area contributed by atoms with E-state index in [2.05, 4.69) is 9.97 Å². The molecule has 2 unspecified atom stereocenters. The van der Waals surface area contributed by atoms with Crippen molar-refractivity contribution >= 4 is 28.1 Å². The van der Waals surface area contributed by atoms with Gasteiger partial charge in [0, 0.05) is 22.2 Å². The largest absolute Gasteiger partial charge is 0.767 e. The molecular weight excluding hydrogens is 234 g/mol. The van der Waals surface area contributed by atoms with E-state index in [1.54, 1.807) is 0 Å². The highest BCUT2D eigenvalue weighted by atomic mass is 32.2. The Bertz CT molecular complexity index is 386. The lowest BCUT2D eigenvalue weighted by Gasteiger charge is -2.11. The van der Waals surface area contributed by atoms with E-state index in [0.29, 0.717) is 0 Å². The van der Waals surface area contributed by atoms with Gasteiger partial charge in [-0.3, -0.25) is 8.42 Å². The van der Waals surface area contributed by atoms with Gasteiger partial charge in [0.25, 0.3) is 0 Å². The van der Waals surface area contributed by atoms with E-state index in [9.17, 15) is 17.5 Å². The molecule has 0 spiro atoms. The molecule has 78 valence electrons. The molecule has 0 aliphatic heterocycles. The second-order valence-electron chi connectivity index (χ2n) is 2.01. The summed E-state index contributed by atoms with van der Waals surface area (Å²) in [4.78, 5) is 6.29. The van der Waals surface area contributed by atoms with Crippen LogP contribution in [0.2, 0.25) is 0 Å². The normalized spacial score (nSPS) is 15.0. The Kier molecular flexibility index (Phi) is 3.10. The zero-order valence-corrected chi connectivity index (χ0v) is 8.00. The first-order valence-electron chi connectivity index (χ1n) is 2.98. The third-order valence-electron chi connectivity index (χ3n) is 1.15. The first kappa shape index (κ1) is 11.0. The predicted molar refractivity (Wildman–Crippen MR) is 42.5 cm³/mol. The second-order valence-corrected chi connectivity index (χ2v) is 3.72. The number of aromatic hydroxyl groups is 1. The van der Waals surface area contributed by atoms with Crippen LogP contribution in [0.4, 0.5) is 5.95 Å². The minimum atomic E-state index is -2.88. The van der Waals surface area contributed by atoms with Gasteiger partial charge in [0.05, 0.1) is 0 Å². The molecule has 0 fully saturated rings. The highest BCUT2D eigenvalue weighted by Gasteiger charge is 2.13. The van der Waals surface area contributed by atoms with Crippen LogP contribution in [0.1, 0.15) is 0 Å². The number of anilines is 1. The molecule has 0 amide bonds. The van der Waals surface area contributed by atoms with E-state index in [1.807, 2.05) is 0 Å². The van der Waals surface area contributed by atoms with E-state index >= 15 is 0 Å². The molecule has 0 saturated carbocycles. The van der Waals surface area contributed by atoms with Crippen molar-refractivity contribution in [3.63, 3.8) is 0 Å². The molecule has 0 aromatic carbocycles. The van der Waals surface area contributed by atoms with Crippen molar-refractivity contribution < 1.29 is 22.6 Å². The number of aromatic nitrogens is 2. The van der Waals surface area contributed by atoms with Gasteiger partial charge in [-0.1, -0.05) is 0 Å². The van der Waals surface area contributed by atoms with Gasteiger partial charge >= 0.3 is 0 Å². The number of hydrogen-bond acceptors (Lipinski definition) is 8. The van der Waals surface area contributed by atoms with Crippen molar-refractivity contribution in [1.29, 1.82) is 0 Å². The lowest BCUT2D eigenvalue weighted by molar-refractivity contribution is 0.422. The Morgan fingerprint density at radius 1 is 1.14 bits per heavy atom. The van der Waals surface area contributed by atoms with Gasteiger partial charge in [-0.15, -0.1) is 0 Å². The zero-order chi connectivity index (χ0) is 10.9. The number of nitrogen functional groups attached to an aromatic ring is 1. The molecule has 1 rings (SSSR count). The lowest BCUT2D eigenvalue weighted by atomic mass is 10.6. The number of rotatable bonds is 2. The smallest absolute Gasteiger partial charge is 0.222 e. The molecular formula is C4H3N3O5S2-2. The molecule has 1 aromatic rings. The summed E-state index contributed by atoms with van der Waals surface area (Å²) >= 11 is -5.76. The Labute approximate surface area is 82.8 Å². The van der Waals surface area contributed by atoms with Crippen LogP contribution in [0, 0.1) is 0 Å². The van der Waals surface area contributed by atoms with Gasteiger partial charge < -0.3 is 19.9 Å². The highest BCUT2D eigenvalue weighted by Crippen LogP contribution is 2.24. The van der Waals surface area contributed by atoms with Crippen molar-refractivity contribution in [2.45, 2.75) is 10.1 Å². The Morgan fingerprint density at radius 2 is 1.50 bits per heavy atom. The fraction of sp³-hybridized carbons (Fsp3) is 0. The molecule has 14 heavy (non-hydrogen) atoms. The van der Waals surface area contributed by atoms with Crippen LogP contribution >= 0.6 is 0 Å². The summed E-state index contributed by atoms with van der Waals surface area (Å²) in [7, 11) is 0. The summed E-state index contributed by atoms with van der Waals surface area (Å²) < 4.78 is 41.8. The van der Waals surface area contributed by atoms with E-state index in [1.165, 1.54) is 0 Å². The minimum Gasteiger partial charge on any atom is -0.767 e. The maximum absolute atomic E-state index is 10.4. The van der Waals surface area contributed by atoms with E-state index in [-0.39, 0.29) is 0 Å². The maximum Gasteiger partial charge on any atom is 0.222 e. The second kappa shape index (κ2) is 3.96. The topological polar surface area (TPSA) is 152 Å². The molecule has 0 saturated heterocycles. The molecule has 10 heteroatoms. The SMILES string of the molecule is Nc1nc(S(=O)[O-])c(O)c(S(=O)[O-])n1. The van der Waals surface area contributed by atoms with Crippen LogP contribution < -0.4 is 5.73 Å². The molecule has 0 aliphatic carbocycles. The summed E-state index contributed by atoms with van der Waals surface area (Å²) in [5.74, 6) is -1.60. The summed E-state index contributed by atoms with van der Waals surface area (Å²) in [6.45, 7) is 0. The zero-order valence-electron chi connectivity index (χ0n) is 6.37. The van der Waals surface area contributed by atoms with Crippen LogP contribution in [0.15, 0.2) is 10.1 Å². The van der Waals surface area contributed by atoms with Crippen molar-refractivity contribution in [2.24, 2.45) is 0 Å². The first-order valence-corrected chi connectivity index (χ1v) is 5.13. The molecule has 8 nitrogen and oxygen atoms in total. The van der Waals surface area contributed by atoms with Gasteiger partial charge in [-0.25, -0.2) is 9.97 Å². The van der Waals surface area contributed by atoms with Crippen molar-refractivity contribution in [1.82, 2.24) is 9.97 Å². The van der Waals surface area contributed by atoms with Gasteiger partial charge in [0.1, 0.15) is 0 Å². The third-order valence-corrected chi connectivity index (χ3v) is 2.35. The van der Waals surface area contributed by atoms with Crippen LogP contribution in [0.25, 0.3) is 0 Å². The fourth-order valence-corrected chi connectivity index (χ4v) is 1.57. The van der Waals surface area contributed by atoms with Gasteiger partial charge in [-0.2, -0.15) is 0 Å². The minimum absolute atomic E-state index is 0.554. The summed E-state index contributed by atoms with van der Waals surface area (Å²) in [6, 6.07) is 0. The maximum atomic E-state index is 10.4. The fourth-order valence-electron chi connectivity index (χ4n) is 0.663. The summed E-state index contributed by atoms with van der Waals surface area (Å²) in [6.07, 6.45) is 0. The molecule has 0 bridgehead atoms. The van der Waals surface area contributed by atoms with Crippen molar-refractivity contribution in [2.75, 3.05) is 5.73 Å². The van der Waals surface area contributed by atoms with Crippen molar-refractivity contribution in [3.05, 3.63) is 0 Å². The Balaban J connectivity index is 3.47. The van der Waals surface area contributed by atoms with E-state index in [4.69, 9.17) is 10.8 Å². The number of nitrogens with zero attached hydrogens (tertiary/aromatic N) is 2. The van der Waals surface area contributed by atoms with Gasteiger partial charge in [0.15, 0.2) is 15.8 Å². The number of hydrogen-bond donors (Lipinski definition) is 2. The molecule has 3 N–H and O–H groups in total. The van der Waals surface area contributed by atoms with Crippen LogP contribution in [0.3, 0.4) is 0 Å². The molecule has 1 aromatic heterocycles. The average molecular weight is 237 g/mol. The quantitative estimate of drug-likeness (QED) is 0.453. The van der Waals surface area contributed by atoms with Gasteiger partial charge in [0.2, 0.25) is 5.95 Å². The standard InChI is InChI=1S/C4H5N3O5S2/c5-4-6-2(13(9)10)1(8)3(7-4)14(11)12/h8H,(H,9,10)(H,11,12)(H2,5,6,7)/p-2. The number of nitrogens with two attached hydrogens (primary N) is 1.